The van der Waals surface area contributed by atoms with Gasteiger partial charge in [0.25, 0.3) is 5.91 Å². The zero-order valence-electron chi connectivity index (χ0n) is 14.1. The van der Waals surface area contributed by atoms with E-state index in [4.69, 9.17) is 4.74 Å². The number of carbonyl (C=O) groups is 3. The van der Waals surface area contributed by atoms with Crippen LogP contribution in [-0.4, -0.2) is 42.5 Å². The van der Waals surface area contributed by atoms with E-state index in [9.17, 15) is 19.5 Å². The third-order valence-corrected chi connectivity index (χ3v) is 5.52. The molecule has 1 amide bonds. The highest BCUT2D eigenvalue weighted by Crippen LogP contribution is 2.30. The second-order valence-corrected chi connectivity index (χ2v) is 7.18. The monoisotopic (exact) mass is 373 g/mol. The van der Waals surface area contributed by atoms with Gasteiger partial charge in [-0.1, -0.05) is 24.3 Å². The second kappa shape index (κ2) is 7.80. The van der Waals surface area contributed by atoms with Gasteiger partial charge in [0.1, 0.15) is 0 Å². The number of carboxylic acids is 1. The Labute approximate surface area is 154 Å². The van der Waals surface area contributed by atoms with Crippen LogP contribution in [0.25, 0.3) is 0 Å². The molecule has 2 aromatic rings. The Bertz CT molecular complexity index is 809. The summed E-state index contributed by atoms with van der Waals surface area (Å²) >= 11 is 1.31. The zero-order chi connectivity index (χ0) is 18.6. The molecule has 2 heterocycles. The molecule has 3 rings (SSSR count). The first-order chi connectivity index (χ1) is 12.5. The van der Waals surface area contributed by atoms with Gasteiger partial charge in [-0.25, -0.2) is 0 Å². The van der Waals surface area contributed by atoms with Crippen LogP contribution in [0.15, 0.2) is 41.8 Å². The second-order valence-electron chi connectivity index (χ2n) is 6.23. The van der Waals surface area contributed by atoms with E-state index in [0.29, 0.717) is 36.5 Å². The number of thiophene rings is 1. The van der Waals surface area contributed by atoms with Crippen LogP contribution in [0.5, 0.6) is 0 Å². The Morgan fingerprint density at radius 1 is 1.08 bits per heavy atom. The van der Waals surface area contributed by atoms with Crippen molar-refractivity contribution in [1.82, 2.24) is 5.32 Å². The highest BCUT2D eigenvalue weighted by molar-refractivity contribution is 7.12. The lowest BCUT2D eigenvalue weighted by Gasteiger charge is -2.33. The van der Waals surface area contributed by atoms with Gasteiger partial charge in [0, 0.05) is 25.3 Å². The van der Waals surface area contributed by atoms with Gasteiger partial charge in [0.15, 0.2) is 0 Å². The summed E-state index contributed by atoms with van der Waals surface area (Å²) in [6.07, 6.45) is 0.691. The van der Waals surface area contributed by atoms with Gasteiger partial charge >= 0.3 is 5.97 Å². The number of ether oxygens (including phenoxy) is 1. The number of hydrogen-bond acceptors (Lipinski definition) is 5. The maximum atomic E-state index is 12.7. The van der Waals surface area contributed by atoms with Crippen LogP contribution in [0.2, 0.25) is 0 Å². The summed E-state index contributed by atoms with van der Waals surface area (Å²) in [7, 11) is 0. The SMILES string of the molecule is O=C(NCC1(C(=O)O)CCOCC1)c1ccccc1C(=O)c1cccs1. The molecule has 0 aliphatic carbocycles. The summed E-state index contributed by atoms with van der Waals surface area (Å²) in [6, 6.07) is 10.1. The lowest BCUT2D eigenvalue weighted by molar-refractivity contribution is -0.154. The molecule has 0 saturated carbocycles. The number of nitrogens with one attached hydrogen (secondary N) is 1. The molecule has 0 atom stereocenters. The van der Waals surface area contributed by atoms with Crippen LogP contribution >= 0.6 is 11.3 Å². The first kappa shape index (κ1) is 18.3. The van der Waals surface area contributed by atoms with Crippen molar-refractivity contribution in [3.63, 3.8) is 0 Å². The highest BCUT2D eigenvalue weighted by Gasteiger charge is 2.40. The van der Waals surface area contributed by atoms with Crippen molar-refractivity contribution < 1.29 is 24.2 Å². The maximum Gasteiger partial charge on any atom is 0.311 e. The van der Waals surface area contributed by atoms with E-state index in [1.807, 2.05) is 0 Å². The van der Waals surface area contributed by atoms with Crippen molar-refractivity contribution in [1.29, 1.82) is 0 Å². The largest absolute Gasteiger partial charge is 0.481 e. The van der Waals surface area contributed by atoms with E-state index < -0.39 is 17.3 Å². The average Bonchev–Trinajstić information content (AvgIpc) is 3.21. The summed E-state index contributed by atoms with van der Waals surface area (Å²) in [6.45, 7) is 0.720. The number of hydrogen-bond donors (Lipinski definition) is 2. The summed E-state index contributed by atoms with van der Waals surface area (Å²) in [5.74, 6) is -1.61. The van der Waals surface area contributed by atoms with Gasteiger partial charge in [-0.3, -0.25) is 14.4 Å². The van der Waals surface area contributed by atoms with Crippen molar-refractivity contribution in [2.45, 2.75) is 12.8 Å². The highest BCUT2D eigenvalue weighted by atomic mass is 32.1. The third-order valence-electron chi connectivity index (χ3n) is 4.65. The molecule has 1 fully saturated rings. The molecule has 0 bridgehead atoms. The minimum absolute atomic E-state index is 0.00601. The van der Waals surface area contributed by atoms with Crippen molar-refractivity contribution in [2.24, 2.45) is 5.41 Å². The van der Waals surface area contributed by atoms with Gasteiger partial charge < -0.3 is 15.2 Å². The fourth-order valence-electron chi connectivity index (χ4n) is 2.99. The molecule has 1 aromatic carbocycles. The minimum atomic E-state index is -1.03. The quantitative estimate of drug-likeness (QED) is 0.759. The maximum absolute atomic E-state index is 12.7. The Morgan fingerprint density at radius 2 is 1.77 bits per heavy atom. The number of carboxylic acid groups (broad SMARTS) is 1. The van der Waals surface area contributed by atoms with Gasteiger partial charge in [-0.05, 0) is 30.4 Å². The number of aliphatic carboxylic acids is 1. The lowest BCUT2D eigenvalue weighted by atomic mass is 9.80. The first-order valence-electron chi connectivity index (χ1n) is 8.30. The molecule has 1 aliphatic rings. The Kier molecular flexibility index (Phi) is 5.49. The fraction of sp³-hybridized carbons (Fsp3) is 0.316. The van der Waals surface area contributed by atoms with Gasteiger partial charge in [0.05, 0.1) is 15.9 Å². The van der Waals surface area contributed by atoms with Crippen LogP contribution in [0.4, 0.5) is 0 Å². The standard InChI is InChI=1S/C19H19NO5S/c21-16(15-6-3-11-26-15)13-4-1-2-5-14(13)17(22)20-12-19(18(23)24)7-9-25-10-8-19/h1-6,11H,7-10,12H2,(H,20,22)(H,23,24). The normalized spacial score (nSPS) is 16.0. The number of ketones is 1. The number of rotatable bonds is 6. The molecule has 7 heteroatoms. The smallest absolute Gasteiger partial charge is 0.311 e. The van der Waals surface area contributed by atoms with Gasteiger partial charge in [-0.2, -0.15) is 0 Å². The Hall–Kier alpha value is -2.51. The summed E-state index contributed by atoms with van der Waals surface area (Å²) < 4.78 is 5.24. The van der Waals surface area contributed by atoms with E-state index >= 15 is 0 Å². The topological polar surface area (TPSA) is 92.7 Å². The molecule has 2 N–H and O–H groups in total. The van der Waals surface area contributed by atoms with Crippen LogP contribution < -0.4 is 5.32 Å². The molecule has 1 aliphatic heterocycles. The predicted octanol–water partition coefficient (Wildman–Crippen LogP) is 2.59. The van der Waals surface area contributed by atoms with Crippen molar-refractivity contribution in [2.75, 3.05) is 19.8 Å². The molecule has 0 spiro atoms. The van der Waals surface area contributed by atoms with Crippen LogP contribution in [0.1, 0.15) is 38.4 Å². The Balaban J connectivity index is 1.78. The van der Waals surface area contributed by atoms with E-state index in [1.165, 1.54) is 11.3 Å². The average molecular weight is 373 g/mol. The van der Waals surface area contributed by atoms with Crippen molar-refractivity contribution >= 4 is 29.0 Å². The van der Waals surface area contributed by atoms with Crippen molar-refractivity contribution in [3.05, 3.63) is 57.8 Å². The molecule has 0 unspecified atom stereocenters. The molecular formula is C19H19NO5S. The first-order valence-corrected chi connectivity index (χ1v) is 9.18. The minimum Gasteiger partial charge on any atom is -0.481 e. The van der Waals surface area contributed by atoms with Gasteiger partial charge in [-0.15, -0.1) is 11.3 Å². The summed E-state index contributed by atoms with van der Waals surface area (Å²) in [4.78, 5) is 37.5. The predicted molar refractivity (Wildman–Crippen MR) is 96.6 cm³/mol. The number of benzene rings is 1. The van der Waals surface area contributed by atoms with Crippen LogP contribution in [-0.2, 0) is 9.53 Å². The Morgan fingerprint density at radius 3 is 2.38 bits per heavy atom. The van der Waals surface area contributed by atoms with E-state index in [1.54, 1.807) is 41.8 Å². The molecule has 6 nitrogen and oxygen atoms in total. The fourth-order valence-corrected chi connectivity index (χ4v) is 3.67. The molecular weight excluding hydrogens is 354 g/mol. The van der Waals surface area contributed by atoms with E-state index in [0.717, 1.165) is 0 Å². The van der Waals surface area contributed by atoms with E-state index in [2.05, 4.69) is 5.32 Å². The lowest BCUT2D eigenvalue weighted by Crippen LogP contribution is -2.46. The third kappa shape index (κ3) is 3.68. The zero-order valence-corrected chi connectivity index (χ0v) is 14.9. The van der Waals surface area contributed by atoms with Crippen molar-refractivity contribution in [3.8, 4) is 0 Å². The molecule has 26 heavy (non-hydrogen) atoms. The van der Waals surface area contributed by atoms with E-state index in [-0.39, 0.29) is 17.9 Å². The molecule has 136 valence electrons. The molecule has 1 saturated heterocycles. The molecule has 0 radical (unpaired) electrons. The summed E-state index contributed by atoms with van der Waals surface area (Å²) in [5, 5.41) is 14.1. The van der Waals surface area contributed by atoms with Gasteiger partial charge in [0.2, 0.25) is 5.78 Å². The molecule has 1 aromatic heterocycles. The van der Waals surface area contributed by atoms with Crippen LogP contribution in [0, 0.1) is 5.41 Å². The van der Waals surface area contributed by atoms with Crippen LogP contribution in [0.3, 0.4) is 0 Å². The number of carbonyl (C=O) groups excluding carboxylic acids is 2. The number of amides is 1. The summed E-state index contributed by atoms with van der Waals surface area (Å²) in [5.41, 5.74) is -0.469.